The van der Waals surface area contributed by atoms with Gasteiger partial charge in [0, 0.05) is 22.0 Å². The van der Waals surface area contributed by atoms with Gasteiger partial charge in [0.15, 0.2) is 12.4 Å². The minimum atomic E-state index is -0.797. The Morgan fingerprint density at radius 1 is 1.38 bits per heavy atom. The van der Waals surface area contributed by atoms with Crippen molar-refractivity contribution in [2.24, 2.45) is 10.8 Å². The van der Waals surface area contributed by atoms with Crippen LogP contribution in [0.15, 0.2) is 44.7 Å². The van der Waals surface area contributed by atoms with Crippen LogP contribution in [0.3, 0.4) is 0 Å². The number of nitrogens with two attached hydrogens (primary N) is 1. The molecule has 1 heterocycles. The average Bonchev–Trinajstić information content (AvgIpc) is 2.81. The lowest BCUT2D eigenvalue weighted by molar-refractivity contribution is -0.385. The summed E-state index contributed by atoms with van der Waals surface area (Å²) < 4.78 is 12.3. The van der Waals surface area contributed by atoms with Gasteiger partial charge >= 0.3 is 5.69 Å². The van der Waals surface area contributed by atoms with Crippen LogP contribution in [0.5, 0.6) is 11.5 Å². The second-order valence-corrected chi connectivity index (χ2v) is 8.30. The second-order valence-electron chi connectivity index (χ2n) is 7.39. The topological polar surface area (TPSA) is 152 Å². The molecular formula is C22H22BrN5O6. The molecule has 3 rings (SSSR count). The van der Waals surface area contributed by atoms with Crippen molar-refractivity contribution < 1.29 is 19.2 Å². The summed E-state index contributed by atoms with van der Waals surface area (Å²) in [5, 5.41) is 16.3. The van der Waals surface area contributed by atoms with E-state index in [2.05, 4.69) is 26.0 Å². The first-order valence-electron chi connectivity index (χ1n) is 10.2. The number of fused-ring (bicyclic) bond motifs is 1. The lowest BCUT2D eigenvalue weighted by Gasteiger charge is -2.14. The van der Waals surface area contributed by atoms with Crippen molar-refractivity contribution in [2.45, 2.75) is 26.2 Å². The second kappa shape index (κ2) is 10.4. The van der Waals surface area contributed by atoms with Crippen molar-refractivity contribution in [1.82, 2.24) is 9.66 Å². The van der Waals surface area contributed by atoms with Gasteiger partial charge in [0.2, 0.25) is 5.75 Å². The highest BCUT2D eigenvalue weighted by atomic mass is 79.9. The molecule has 0 unspecified atom stereocenters. The molecule has 0 aliphatic rings. The fraction of sp³-hybridized carbons (Fsp3) is 0.273. The number of methoxy groups -OCH3 is 1. The summed E-state index contributed by atoms with van der Waals surface area (Å²) in [6.07, 6.45) is 2.02. The van der Waals surface area contributed by atoms with E-state index in [0.29, 0.717) is 16.7 Å². The van der Waals surface area contributed by atoms with Crippen LogP contribution in [0.2, 0.25) is 0 Å². The molecule has 0 aliphatic heterocycles. The van der Waals surface area contributed by atoms with Crippen molar-refractivity contribution >= 4 is 44.6 Å². The normalized spacial score (nSPS) is 12.1. The van der Waals surface area contributed by atoms with Crippen LogP contribution in [-0.2, 0) is 4.79 Å². The largest absolute Gasteiger partial charge is 0.493 e. The Morgan fingerprint density at radius 3 is 2.74 bits per heavy atom. The molecule has 0 saturated heterocycles. The molecule has 1 aromatic heterocycles. The zero-order valence-corrected chi connectivity index (χ0v) is 20.2. The summed E-state index contributed by atoms with van der Waals surface area (Å²) in [6, 6.07) is 7.85. The summed E-state index contributed by atoms with van der Waals surface area (Å²) in [6.45, 7) is 3.34. The van der Waals surface area contributed by atoms with Crippen molar-refractivity contribution in [1.29, 1.82) is 0 Å². The summed E-state index contributed by atoms with van der Waals surface area (Å²) in [4.78, 5) is 39.9. The number of hydrogen-bond acceptors (Lipinski definition) is 8. The van der Waals surface area contributed by atoms with Gasteiger partial charge in [-0.1, -0.05) is 29.8 Å². The van der Waals surface area contributed by atoms with Gasteiger partial charge in [-0.05, 0) is 30.7 Å². The van der Waals surface area contributed by atoms with Crippen molar-refractivity contribution in [2.75, 3.05) is 13.7 Å². The number of benzene rings is 2. The van der Waals surface area contributed by atoms with Gasteiger partial charge in [0.1, 0.15) is 5.82 Å². The predicted octanol–water partition coefficient (Wildman–Crippen LogP) is 3.34. The lowest BCUT2D eigenvalue weighted by Crippen LogP contribution is -2.23. The monoisotopic (exact) mass is 531 g/mol. The SMILES string of the molecule is CC[C@H](C)c1nc2ccc(Br)cc2c(=O)n1N=Cc1cc(OC)c(OCC(N)=O)c([N+](=O)[O-])c1. The van der Waals surface area contributed by atoms with Crippen LogP contribution in [-0.4, -0.2) is 40.4 Å². The highest BCUT2D eigenvalue weighted by Gasteiger charge is 2.23. The van der Waals surface area contributed by atoms with Crippen molar-refractivity contribution in [3.63, 3.8) is 0 Å². The van der Waals surface area contributed by atoms with E-state index in [4.69, 9.17) is 15.2 Å². The first-order chi connectivity index (χ1) is 16.2. The maximum atomic E-state index is 13.2. The number of amides is 1. The number of halogens is 1. The smallest absolute Gasteiger partial charge is 0.315 e. The summed E-state index contributed by atoms with van der Waals surface area (Å²) in [5.74, 6) is -0.646. The van der Waals surface area contributed by atoms with E-state index >= 15 is 0 Å². The molecule has 12 heteroatoms. The molecule has 34 heavy (non-hydrogen) atoms. The molecular weight excluding hydrogens is 510 g/mol. The van der Waals surface area contributed by atoms with Gasteiger partial charge in [-0.15, -0.1) is 0 Å². The van der Waals surface area contributed by atoms with Gasteiger partial charge < -0.3 is 15.2 Å². The minimum absolute atomic E-state index is 0.00645. The van der Waals surface area contributed by atoms with E-state index in [0.717, 1.165) is 10.9 Å². The zero-order chi connectivity index (χ0) is 25.0. The average molecular weight is 532 g/mol. The summed E-state index contributed by atoms with van der Waals surface area (Å²) in [7, 11) is 1.30. The quantitative estimate of drug-likeness (QED) is 0.252. The Labute approximate surface area is 202 Å². The number of carbonyl (C=O) groups excluding carboxylic acids is 1. The molecule has 2 N–H and O–H groups in total. The number of carbonyl (C=O) groups is 1. The number of rotatable bonds is 9. The molecule has 0 spiro atoms. The molecule has 2 aromatic carbocycles. The molecule has 0 aliphatic carbocycles. The Bertz CT molecular complexity index is 1350. The molecule has 0 radical (unpaired) electrons. The molecule has 1 atom stereocenters. The maximum absolute atomic E-state index is 13.2. The number of nitro benzene ring substituents is 1. The van der Waals surface area contributed by atoms with Gasteiger partial charge in [-0.3, -0.25) is 19.7 Å². The predicted molar refractivity (Wildman–Crippen MR) is 130 cm³/mol. The third-order valence-corrected chi connectivity index (χ3v) is 5.54. The van der Waals surface area contributed by atoms with E-state index in [1.54, 1.807) is 18.2 Å². The number of ether oxygens (including phenoxy) is 2. The fourth-order valence-electron chi connectivity index (χ4n) is 3.16. The summed E-state index contributed by atoms with van der Waals surface area (Å²) in [5.41, 5.74) is 5.07. The maximum Gasteiger partial charge on any atom is 0.315 e. The molecule has 0 bridgehead atoms. The number of nitro groups is 1. The summed E-state index contributed by atoms with van der Waals surface area (Å²) >= 11 is 3.36. The molecule has 11 nitrogen and oxygen atoms in total. The van der Waals surface area contributed by atoms with Crippen LogP contribution in [0.25, 0.3) is 10.9 Å². The fourth-order valence-corrected chi connectivity index (χ4v) is 3.52. The highest BCUT2D eigenvalue weighted by Crippen LogP contribution is 2.38. The van der Waals surface area contributed by atoms with E-state index in [9.17, 15) is 19.7 Å². The molecule has 178 valence electrons. The number of primary amides is 1. The van der Waals surface area contributed by atoms with Crippen LogP contribution < -0.4 is 20.8 Å². The number of nitrogens with zero attached hydrogens (tertiary/aromatic N) is 4. The Morgan fingerprint density at radius 2 is 2.12 bits per heavy atom. The van der Waals surface area contributed by atoms with Crippen molar-refractivity contribution in [3.8, 4) is 11.5 Å². The van der Waals surface area contributed by atoms with Crippen LogP contribution >= 0.6 is 15.9 Å². The lowest BCUT2D eigenvalue weighted by atomic mass is 10.1. The molecule has 0 saturated carbocycles. The van der Waals surface area contributed by atoms with Gasteiger partial charge in [0.05, 0.1) is 29.2 Å². The Hall–Kier alpha value is -3.80. The zero-order valence-electron chi connectivity index (χ0n) is 18.6. The standard InChI is InChI=1S/C22H22BrN5O6/c1-4-12(2)21-26-16-6-5-14(23)9-15(16)22(30)27(21)25-10-13-7-17(28(31)32)20(18(8-13)33-3)34-11-19(24)29/h5-10,12H,4,11H2,1-3H3,(H2,24,29)/t12-/m0/s1. The van der Waals surface area contributed by atoms with Crippen LogP contribution in [0.1, 0.15) is 37.6 Å². The molecule has 0 fully saturated rings. The van der Waals surface area contributed by atoms with E-state index < -0.39 is 23.1 Å². The third-order valence-electron chi connectivity index (χ3n) is 5.04. The van der Waals surface area contributed by atoms with Crippen LogP contribution in [0, 0.1) is 10.1 Å². The van der Waals surface area contributed by atoms with E-state index in [-0.39, 0.29) is 28.5 Å². The highest BCUT2D eigenvalue weighted by molar-refractivity contribution is 9.10. The number of hydrogen-bond donors (Lipinski definition) is 1. The first-order valence-corrected chi connectivity index (χ1v) is 11.0. The third kappa shape index (κ3) is 5.22. The van der Waals surface area contributed by atoms with E-state index in [1.165, 1.54) is 30.1 Å². The molecule has 3 aromatic rings. The van der Waals surface area contributed by atoms with Gasteiger partial charge in [0.25, 0.3) is 11.5 Å². The Kier molecular flexibility index (Phi) is 7.61. The molecule has 1 amide bonds. The first kappa shape index (κ1) is 24.8. The van der Waals surface area contributed by atoms with Crippen molar-refractivity contribution in [3.05, 3.63) is 66.7 Å². The van der Waals surface area contributed by atoms with Gasteiger partial charge in [-0.25, -0.2) is 4.98 Å². The number of aromatic nitrogens is 2. The van der Waals surface area contributed by atoms with Gasteiger partial charge in [-0.2, -0.15) is 9.78 Å². The van der Waals surface area contributed by atoms with Crippen LogP contribution in [0.4, 0.5) is 5.69 Å². The Balaban J connectivity index is 2.16. The van der Waals surface area contributed by atoms with E-state index in [1.807, 2.05) is 13.8 Å². The minimum Gasteiger partial charge on any atom is -0.493 e.